The maximum atomic E-state index is 12.2. The summed E-state index contributed by atoms with van der Waals surface area (Å²) >= 11 is 17.7. The van der Waals surface area contributed by atoms with Gasteiger partial charge in [-0.25, -0.2) is 0 Å². The van der Waals surface area contributed by atoms with Crippen molar-refractivity contribution in [1.29, 1.82) is 0 Å². The van der Waals surface area contributed by atoms with E-state index in [1.807, 2.05) is 0 Å². The van der Waals surface area contributed by atoms with Gasteiger partial charge in [0.15, 0.2) is 6.61 Å². The first-order valence-corrected chi connectivity index (χ1v) is 8.18. The number of esters is 1. The largest absolute Gasteiger partial charge is 0.482 e. The fourth-order valence-corrected chi connectivity index (χ4v) is 2.97. The van der Waals surface area contributed by atoms with Gasteiger partial charge in [0.1, 0.15) is 5.75 Å². The second-order valence-corrected chi connectivity index (χ2v) is 6.39. The highest BCUT2D eigenvalue weighted by Crippen LogP contribution is 2.33. The summed E-state index contributed by atoms with van der Waals surface area (Å²) in [4.78, 5) is 25.3. The molecule has 0 unspecified atom stereocenters. The van der Waals surface area contributed by atoms with E-state index >= 15 is 0 Å². The topological polar surface area (TPSA) is 55.8 Å². The highest BCUT2D eigenvalue weighted by Gasteiger charge is 2.28. The zero-order valence-electron chi connectivity index (χ0n) is 12.5. The van der Waals surface area contributed by atoms with Gasteiger partial charge in [0.2, 0.25) is 0 Å². The van der Waals surface area contributed by atoms with E-state index in [2.05, 4.69) is 0 Å². The Balaban J connectivity index is 1.87. The molecule has 0 bridgehead atoms. The molecule has 0 aliphatic carbocycles. The molecule has 1 aromatic rings. The molecule has 1 heterocycles. The minimum absolute atomic E-state index is 0.144. The minimum atomic E-state index is -0.226. The summed E-state index contributed by atoms with van der Waals surface area (Å²) < 4.78 is 10.1. The number of piperidine rings is 1. The lowest BCUT2D eigenvalue weighted by atomic mass is 9.97. The molecule has 5 nitrogen and oxygen atoms in total. The molecule has 0 radical (unpaired) electrons. The summed E-state index contributed by atoms with van der Waals surface area (Å²) in [5.41, 5.74) is 0. The number of benzene rings is 1. The molecule has 8 heteroatoms. The number of halogens is 3. The molecular formula is C15H16Cl3NO4. The van der Waals surface area contributed by atoms with Gasteiger partial charge < -0.3 is 14.4 Å². The van der Waals surface area contributed by atoms with E-state index in [1.165, 1.54) is 19.2 Å². The van der Waals surface area contributed by atoms with Gasteiger partial charge in [-0.15, -0.1) is 0 Å². The number of rotatable bonds is 4. The van der Waals surface area contributed by atoms with Crippen molar-refractivity contribution in [3.63, 3.8) is 0 Å². The molecule has 1 amide bonds. The van der Waals surface area contributed by atoms with Crippen molar-refractivity contribution in [3.8, 4) is 5.75 Å². The molecule has 0 spiro atoms. The number of hydrogen-bond acceptors (Lipinski definition) is 4. The van der Waals surface area contributed by atoms with Crippen molar-refractivity contribution in [1.82, 2.24) is 4.90 Å². The lowest BCUT2D eigenvalue weighted by Gasteiger charge is -2.30. The molecule has 0 N–H and O–H groups in total. The van der Waals surface area contributed by atoms with E-state index in [9.17, 15) is 9.59 Å². The summed E-state index contributed by atoms with van der Waals surface area (Å²) in [6.45, 7) is 0.842. The molecular weight excluding hydrogens is 365 g/mol. The van der Waals surface area contributed by atoms with E-state index in [1.54, 1.807) is 4.90 Å². The van der Waals surface area contributed by atoms with Crippen molar-refractivity contribution in [3.05, 3.63) is 27.2 Å². The first-order valence-electron chi connectivity index (χ1n) is 7.05. The van der Waals surface area contributed by atoms with Crippen LogP contribution in [0, 0.1) is 5.92 Å². The predicted octanol–water partition coefficient (Wildman–Crippen LogP) is 3.44. The van der Waals surface area contributed by atoms with Gasteiger partial charge in [-0.3, -0.25) is 9.59 Å². The SMILES string of the molecule is COC(=O)C1CCN(C(=O)COc2cc(Cl)c(Cl)cc2Cl)CC1. The number of ether oxygens (including phenoxy) is 2. The van der Waals surface area contributed by atoms with Crippen LogP contribution in [-0.4, -0.2) is 43.6 Å². The Morgan fingerprint density at radius 3 is 2.35 bits per heavy atom. The van der Waals surface area contributed by atoms with Crippen LogP contribution >= 0.6 is 34.8 Å². The minimum Gasteiger partial charge on any atom is -0.482 e. The van der Waals surface area contributed by atoms with Crippen molar-refractivity contribution in [2.24, 2.45) is 5.92 Å². The zero-order valence-corrected chi connectivity index (χ0v) is 14.7. The maximum Gasteiger partial charge on any atom is 0.308 e. The van der Waals surface area contributed by atoms with Gasteiger partial charge in [0.25, 0.3) is 5.91 Å². The Kier molecular flexibility index (Phi) is 6.39. The molecule has 1 fully saturated rings. The first-order chi connectivity index (χ1) is 10.9. The van der Waals surface area contributed by atoms with E-state index in [0.717, 1.165) is 0 Å². The lowest BCUT2D eigenvalue weighted by molar-refractivity contribution is -0.149. The maximum absolute atomic E-state index is 12.2. The van der Waals surface area contributed by atoms with Crippen LogP contribution in [0.4, 0.5) is 0 Å². The Labute approximate surface area is 149 Å². The first kappa shape index (κ1) is 18.2. The Morgan fingerprint density at radius 1 is 1.13 bits per heavy atom. The van der Waals surface area contributed by atoms with Gasteiger partial charge in [0, 0.05) is 19.2 Å². The predicted molar refractivity (Wildman–Crippen MR) is 88.3 cm³/mol. The third-order valence-electron chi connectivity index (χ3n) is 3.71. The van der Waals surface area contributed by atoms with Gasteiger partial charge in [-0.2, -0.15) is 0 Å². The van der Waals surface area contributed by atoms with Crippen molar-refractivity contribution in [2.45, 2.75) is 12.8 Å². The lowest BCUT2D eigenvalue weighted by Crippen LogP contribution is -2.42. The quantitative estimate of drug-likeness (QED) is 0.593. The van der Waals surface area contributed by atoms with E-state index < -0.39 is 0 Å². The van der Waals surface area contributed by atoms with Crippen molar-refractivity contribution in [2.75, 3.05) is 26.8 Å². The van der Waals surface area contributed by atoms with Crippen LogP contribution < -0.4 is 4.74 Å². The van der Waals surface area contributed by atoms with Crippen LogP contribution in [-0.2, 0) is 14.3 Å². The van der Waals surface area contributed by atoms with Crippen LogP contribution in [0.1, 0.15) is 12.8 Å². The number of hydrogen-bond donors (Lipinski definition) is 0. The Hall–Kier alpha value is -1.17. The molecule has 0 aromatic heterocycles. The molecule has 0 saturated carbocycles. The fourth-order valence-electron chi connectivity index (χ4n) is 2.38. The van der Waals surface area contributed by atoms with Gasteiger partial charge in [-0.05, 0) is 18.9 Å². The van der Waals surface area contributed by atoms with Crippen molar-refractivity contribution >= 4 is 46.7 Å². The normalized spacial score (nSPS) is 15.4. The van der Waals surface area contributed by atoms with Crippen LogP contribution in [0.15, 0.2) is 12.1 Å². The van der Waals surface area contributed by atoms with Crippen molar-refractivity contribution < 1.29 is 19.1 Å². The third kappa shape index (κ3) is 4.66. The van der Waals surface area contributed by atoms with Crippen LogP contribution in [0.25, 0.3) is 0 Å². The van der Waals surface area contributed by atoms with Crippen LogP contribution in [0.2, 0.25) is 15.1 Å². The number of nitrogens with zero attached hydrogens (tertiary/aromatic N) is 1. The summed E-state index contributed by atoms with van der Waals surface area (Å²) in [6.07, 6.45) is 1.18. The number of carbonyl (C=O) groups is 2. The van der Waals surface area contributed by atoms with E-state index in [4.69, 9.17) is 44.3 Å². The average Bonchev–Trinajstić information content (AvgIpc) is 2.56. The summed E-state index contributed by atoms with van der Waals surface area (Å²) in [6, 6.07) is 2.94. The number of likely N-dealkylation sites (tertiary alicyclic amines) is 1. The highest BCUT2D eigenvalue weighted by atomic mass is 35.5. The van der Waals surface area contributed by atoms with Gasteiger partial charge in [0.05, 0.1) is 28.1 Å². The van der Waals surface area contributed by atoms with Gasteiger partial charge in [-0.1, -0.05) is 34.8 Å². The molecule has 1 saturated heterocycles. The average molecular weight is 381 g/mol. The zero-order chi connectivity index (χ0) is 17.0. The second-order valence-electron chi connectivity index (χ2n) is 5.16. The van der Waals surface area contributed by atoms with Crippen LogP contribution in [0.3, 0.4) is 0 Å². The Morgan fingerprint density at radius 2 is 1.74 bits per heavy atom. The Bertz CT molecular complexity index is 601. The second kappa shape index (κ2) is 8.08. The fraction of sp³-hybridized carbons (Fsp3) is 0.467. The number of amides is 1. The molecule has 126 valence electrons. The smallest absolute Gasteiger partial charge is 0.308 e. The third-order valence-corrected chi connectivity index (χ3v) is 4.73. The van der Waals surface area contributed by atoms with Gasteiger partial charge >= 0.3 is 5.97 Å². The number of carbonyl (C=O) groups excluding carboxylic acids is 2. The molecule has 2 rings (SSSR count). The molecule has 0 atom stereocenters. The van der Waals surface area contributed by atoms with E-state index in [0.29, 0.717) is 41.7 Å². The number of methoxy groups -OCH3 is 1. The molecule has 1 aromatic carbocycles. The summed E-state index contributed by atoms with van der Waals surface area (Å²) in [5.74, 6) is -0.236. The molecule has 1 aliphatic rings. The van der Waals surface area contributed by atoms with E-state index in [-0.39, 0.29) is 29.4 Å². The standard InChI is InChI=1S/C15H16Cl3NO4/c1-22-15(21)9-2-4-19(5-3-9)14(20)8-23-13-7-11(17)10(16)6-12(13)18/h6-7,9H,2-5,8H2,1H3. The molecule has 23 heavy (non-hydrogen) atoms. The summed E-state index contributed by atoms with van der Waals surface area (Å²) in [5, 5.41) is 0.911. The monoisotopic (exact) mass is 379 g/mol. The van der Waals surface area contributed by atoms with Crippen LogP contribution in [0.5, 0.6) is 5.75 Å². The summed E-state index contributed by atoms with van der Waals surface area (Å²) in [7, 11) is 1.37. The highest BCUT2D eigenvalue weighted by molar-refractivity contribution is 6.43. The molecule has 1 aliphatic heterocycles.